The van der Waals surface area contributed by atoms with Crippen LogP contribution in [0.5, 0.6) is 11.5 Å². The zero-order chi connectivity index (χ0) is 16.4. The van der Waals surface area contributed by atoms with Crippen molar-refractivity contribution in [3.8, 4) is 11.5 Å². The zero-order valence-electron chi connectivity index (χ0n) is 13.3. The molecule has 1 N–H and O–H groups in total. The molecule has 0 aliphatic rings. The van der Waals surface area contributed by atoms with Crippen molar-refractivity contribution in [2.75, 3.05) is 19.5 Å². The number of nitrogens with one attached hydrogen (secondary N) is 1. The van der Waals surface area contributed by atoms with Crippen LogP contribution in [0.15, 0.2) is 36.4 Å². The van der Waals surface area contributed by atoms with E-state index in [0.29, 0.717) is 23.1 Å². The molecule has 0 atom stereocenters. The lowest BCUT2D eigenvalue weighted by atomic mass is 10.2. The van der Waals surface area contributed by atoms with E-state index >= 15 is 0 Å². The maximum atomic E-state index is 6.20. The summed E-state index contributed by atoms with van der Waals surface area (Å²) < 4.78 is 12.6. The molecule has 0 unspecified atom stereocenters. The largest absolute Gasteiger partial charge is 0.493 e. The Kier molecular flexibility index (Phi) is 4.30. The first-order chi connectivity index (χ1) is 11.1. The number of benzene rings is 2. The van der Waals surface area contributed by atoms with Gasteiger partial charge in [-0.2, -0.15) is 0 Å². The molecule has 0 spiro atoms. The van der Waals surface area contributed by atoms with Crippen LogP contribution in [-0.2, 0) is 13.6 Å². The van der Waals surface area contributed by atoms with Gasteiger partial charge in [0, 0.05) is 13.6 Å². The Bertz CT molecular complexity index is 845. The monoisotopic (exact) mass is 331 g/mol. The second-order valence-electron chi connectivity index (χ2n) is 5.14. The highest BCUT2D eigenvalue weighted by Gasteiger charge is 2.10. The van der Waals surface area contributed by atoms with E-state index in [2.05, 4.69) is 10.3 Å². The lowest BCUT2D eigenvalue weighted by Crippen LogP contribution is -2.05. The molecule has 120 valence electrons. The fourth-order valence-corrected chi connectivity index (χ4v) is 2.72. The van der Waals surface area contributed by atoms with Crippen molar-refractivity contribution in [3.05, 3.63) is 47.0 Å². The maximum Gasteiger partial charge on any atom is 0.203 e. The van der Waals surface area contributed by atoms with E-state index in [4.69, 9.17) is 21.1 Å². The van der Waals surface area contributed by atoms with Crippen LogP contribution in [0.3, 0.4) is 0 Å². The van der Waals surface area contributed by atoms with Gasteiger partial charge in [-0.1, -0.05) is 23.7 Å². The number of aromatic nitrogens is 2. The minimum absolute atomic E-state index is 0.620. The predicted octanol–water partition coefficient (Wildman–Crippen LogP) is 3.86. The summed E-state index contributed by atoms with van der Waals surface area (Å²) in [7, 11) is 5.21. The lowest BCUT2D eigenvalue weighted by Gasteiger charge is -2.10. The van der Waals surface area contributed by atoms with Crippen molar-refractivity contribution < 1.29 is 9.47 Å². The van der Waals surface area contributed by atoms with Crippen molar-refractivity contribution >= 4 is 28.6 Å². The van der Waals surface area contributed by atoms with Gasteiger partial charge in [0.05, 0.1) is 24.8 Å². The maximum absolute atomic E-state index is 6.20. The first-order valence-corrected chi connectivity index (χ1v) is 7.57. The highest BCUT2D eigenvalue weighted by Crippen LogP contribution is 2.28. The van der Waals surface area contributed by atoms with E-state index in [0.717, 1.165) is 22.5 Å². The molecule has 0 amide bonds. The molecule has 0 saturated carbocycles. The summed E-state index contributed by atoms with van der Waals surface area (Å²) in [6.45, 7) is 0.620. The van der Waals surface area contributed by atoms with E-state index in [1.54, 1.807) is 14.2 Å². The van der Waals surface area contributed by atoms with Crippen LogP contribution < -0.4 is 14.8 Å². The topological polar surface area (TPSA) is 48.3 Å². The Balaban J connectivity index is 1.84. The summed E-state index contributed by atoms with van der Waals surface area (Å²) in [5.74, 6) is 2.19. The Labute approximate surface area is 139 Å². The van der Waals surface area contributed by atoms with E-state index in [1.807, 2.05) is 48.0 Å². The van der Waals surface area contributed by atoms with Gasteiger partial charge in [0.2, 0.25) is 5.95 Å². The number of halogens is 1. The SMILES string of the molecule is COc1ccc(CNc2nc3c(Cl)cccc3n2C)cc1OC. The van der Waals surface area contributed by atoms with Gasteiger partial charge in [-0.3, -0.25) is 0 Å². The minimum atomic E-state index is 0.620. The summed E-state index contributed by atoms with van der Waals surface area (Å²) in [6.07, 6.45) is 0. The molecule has 3 aromatic rings. The Morgan fingerprint density at radius 2 is 1.91 bits per heavy atom. The molecule has 1 heterocycles. The number of hydrogen-bond acceptors (Lipinski definition) is 4. The quantitative estimate of drug-likeness (QED) is 0.771. The molecule has 0 aliphatic carbocycles. The predicted molar refractivity (Wildman–Crippen MR) is 92.6 cm³/mol. The van der Waals surface area contributed by atoms with Gasteiger partial charge in [0.15, 0.2) is 11.5 Å². The second-order valence-corrected chi connectivity index (χ2v) is 5.55. The van der Waals surface area contributed by atoms with Crippen molar-refractivity contribution in [2.45, 2.75) is 6.54 Å². The molecule has 0 bridgehead atoms. The number of nitrogens with zero attached hydrogens (tertiary/aromatic N) is 2. The van der Waals surface area contributed by atoms with Crippen LogP contribution in [0.2, 0.25) is 5.02 Å². The van der Waals surface area contributed by atoms with Crippen LogP contribution in [0.1, 0.15) is 5.56 Å². The molecular formula is C17H18ClN3O2. The molecule has 0 aliphatic heterocycles. The number of ether oxygens (including phenoxy) is 2. The van der Waals surface area contributed by atoms with E-state index in [1.165, 1.54) is 0 Å². The van der Waals surface area contributed by atoms with Crippen LogP contribution in [0.25, 0.3) is 11.0 Å². The van der Waals surface area contributed by atoms with E-state index in [-0.39, 0.29) is 0 Å². The molecule has 5 nitrogen and oxygen atoms in total. The third-order valence-electron chi connectivity index (χ3n) is 3.76. The van der Waals surface area contributed by atoms with Crippen LogP contribution >= 0.6 is 11.6 Å². The van der Waals surface area contributed by atoms with Gasteiger partial charge in [-0.25, -0.2) is 4.98 Å². The average Bonchev–Trinajstić information content (AvgIpc) is 2.90. The number of fused-ring (bicyclic) bond motifs is 1. The zero-order valence-corrected chi connectivity index (χ0v) is 14.0. The number of imidazole rings is 1. The number of methoxy groups -OCH3 is 2. The molecular weight excluding hydrogens is 314 g/mol. The first-order valence-electron chi connectivity index (χ1n) is 7.19. The van der Waals surface area contributed by atoms with Gasteiger partial charge >= 0.3 is 0 Å². The third kappa shape index (κ3) is 2.92. The first kappa shape index (κ1) is 15.5. The highest BCUT2D eigenvalue weighted by atomic mass is 35.5. The van der Waals surface area contributed by atoms with Crippen molar-refractivity contribution in [2.24, 2.45) is 7.05 Å². The standard InChI is InChI=1S/C17H18ClN3O2/c1-21-13-6-4-5-12(18)16(13)20-17(21)19-10-11-7-8-14(22-2)15(9-11)23-3/h4-9H,10H2,1-3H3,(H,19,20). The van der Waals surface area contributed by atoms with Crippen LogP contribution in [0, 0.1) is 0 Å². The van der Waals surface area contributed by atoms with Gasteiger partial charge in [-0.15, -0.1) is 0 Å². The normalized spacial score (nSPS) is 10.8. The van der Waals surface area contributed by atoms with Crippen molar-refractivity contribution in [1.82, 2.24) is 9.55 Å². The molecule has 23 heavy (non-hydrogen) atoms. The molecule has 2 aromatic carbocycles. The molecule has 6 heteroatoms. The molecule has 0 saturated heterocycles. The van der Waals surface area contributed by atoms with E-state index < -0.39 is 0 Å². The Morgan fingerprint density at radius 1 is 1.13 bits per heavy atom. The molecule has 3 rings (SSSR count). The number of aryl methyl sites for hydroxylation is 1. The van der Waals surface area contributed by atoms with Crippen LogP contribution in [0.4, 0.5) is 5.95 Å². The van der Waals surface area contributed by atoms with Crippen LogP contribution in [-0.4, -0.2) is 23.8 Å². The number of anilines is 1. The Hall–Kier alpha value is -2.40. The number of para-hydroxylation sites is 1. The van der Waals surface area contributed by atoms with Gasteiger partial charge in [0.25, 0.3) is 0 Å². The summed E-state index contributed by atoms with van der Waals surface area (Å²) in [6, 6.07) is 11.6. The third-order valence-corrected chi connectivity index (χ3v) is 4.07. The smallest absolute Gasteiger partial charge is 0.203 e. The van der Waals surface area contributed by atoms with Gasteiger partial charge < -0.3 is 19.4 Å². The highest BCUT2D eigenvalue weighted by molar-refractivity contribution is 6.35. The average molecular weight is 332 g/mol. The number of hydrogen-bond donors (Lipinski definition) is 1. The summed E-state index contributed by atoms with van der Waals surface area (Å²) >= 11 is 6.20. The molecule has 0 fully saturated rings. The van der Waals surface area contributed by atoms with Gasteiger partial charge in [0.1, 0.15) is 5.52 Å². The summed E-state index contributed by atoms with van der Waals surface area (Å²) in [5, 5.41) is 3.98. The number of rotatable bonds is 5. The minimum Gasteiger partial charge on any atom is -0.493 e. The fourth-order valence-electron chi connectivity index (χ4n) is 2.51. The summed E-state index contributed by atoms with van der Waals surface area (Å²) in [4.78, 5) is 4.57. The van der Waals surface area contributed by atoms with Crippen molar-refractivity contribution in [1.29, 1.82) is 0 Å². The van der Waals surface area contributed by atoms with Gasteiger partial charge in [-0.05, 0) is 29.8 Å². The summed E-state index contributed by atoms with van der Waals surface area (Å²) in [5.41, 5.74) is 2.86. The Morgan fingerprint density at radius 3 is 2.61 bits per heavy atom. The lowest BCUT2D eigenvalue weighted by molar-refractivity contribution is 0.354. The molecule has 0 radical (unpaired) electrons. The van der Waals surface area contributed by atoms with Crippen molar-refractivity contribution in [3.63, 3.8) is 0 Å². The molecule has 1 aromatic heterocycles. The van der Waals surface area contributed by atoms with E-state index in [9.17, 15) is 0 Å². The fraction of sp³-hybridized carbons (Fsp3) is 0.235. The second kappa shape index (κ2) is 6.38.